The molecule has 1 heteroatoms. The van der Waals surface area contributed by atoms with E-state index in [2.05, 4.69) is 15.8 Å². The number of rotatable bonds is 2. The van der Waals surface area contributed by atoms with E-state index in [1.165, 1.54) is 0 Å². The number of allylic oxidation sites excluding steroid dienone is 1. The molecule has 0 saturated carbocycles. The summed E-state index contributed by atoms with van der Waals surface area (Å²) < 4.78 is 0. The second kappa shape index (κ2) is 4.17. The third kappa shape index (κ3) is 4.17. The van der Waals surface area contributed by atoms with Gasteiger partial charge < -0.3 is 0 Å². The highest BCUT2D eigenvalue weighted by Crippen LogP contribution is 1.84. The van der Waals surface area contributed by atoms with Crippen LogP contribution >= 0.6 is 9.24 Å². The quantitative estimate of drug-likeness (QED) is 0.355. The van der Waals surface area contributed by atoms with Gasteiger partial charge in [-0.2, -0.15) is 0 Å². The average Bonchev–Trinajstić information content (AvgIpc) is 1.41. The van der Waals surface area contributed by atoms with E-state index in [-0.39, 0.29) is 0 Å². The molecule has 0 heterocycles. The summed E-state index contributed by atoms with van der Waals surface area (Å²) >= 11 is 0. The van der Waals surface area contributed by atoms with Crippen LogP contribution in [0, 0.1) is 0 Å². The van der Waals surface area contributed by atoms with Crippen LogP contribution in [0.2, 0.25) is 0 Å². The Hall–Kier alpha value is 0.170. The topological polar surface area (TPSA) is 0 Å². The van der Waals surface area contributed by atoms with Gasteiger partial charge in [-0.3, -0.25) is 0 Å². The second-order valence-corrected chi connectivity index (χ2v) is 1.33. The van der Waals surface area contributed by atoms with E-state index in [0.29, 0.717) is 0 Å². The van der Waals surface area contributed by atoms with Crippen molar-refractivity contribution in [3.05, 3.63) is 12.7 Å². The minimum atomic E-state index is 1.03. The van der Waals surface area contributed by atoms with Crippen LogP contribution in [0.5, 0.6) is 0 Å². The lowest BCUT2D eigenvalue weighted by atomic mass is 10.5. The van der Waals surface area contributed by atoms with Gasteiger partial charge in [-0.25, -0.2) is 0 Å². The van der Waals surface area contributed by atoms with Crippen LogP contribution in [0.25, 0.3) is 0 Å². The molecule has 0 aliphatic carbocycles. The zero-order valence-corrected chi connectivity index (χ0v) is 4.20. The first-order chi connectivity index (χ1) is 2.41. The van der Waals surface area contributed by atoms with Crippen LogP contribution in [-0.4, -0.2) is 6.16 Å². The van der Waals surface area contributed by atoms with Crippen molar-refractivity contribution in [3.8, 4) is 0 Å². The van der Waals surface area contributed by atoms with Crippen LogP contribution in [0.4, 0.5) is 0 Å². The fourth-order valence-corrected chi connectivity index (χ4v) is 0.306. The summed E-state index contributed by atoms with van der Waals surface area (Å²) in [5.41, 5.74) is 0. The normalized spacial score (nSPS) is 7.40. The molecule has 0 amide bonds. The van der Waals surface area contributed by atoms with Crippen molar-refractivity contribution < 1.29 is 0 Å². The zero-order valence-electron chi connectivity index (χ0n) is 3.20. The highest BCUT2D eigenvalue weighted by molar-refractivity contribution is 7.16. The molecule has 0 nitrogen and oxygen atoms in total. The molecule has 0 fully saturated rings. The van der Waals surface area contributed by atoms with Gasteiger partial charge in [-0.1, -0.05) is 15.3 Å². The highest BCUT2D eigenvalue weighted by atomic mass is 31.0. The molecule has 5 heavy (non-hydrogen) atoms. The van der Waals surface area contributed by atoms with Gasteiger partial charge in [-0.05, 0) is 12.6 Å². The molecule has 0 aromatic rings. The van der Waals surface area contributed by atoms with E-state index in [1.807, 2.05) is 6.08 Å². The maximum atomic E-state index is 3.52. The fraction of sp³-hybridized carbons (Fsp3) is 0.500. The molecule has 29 valence electrons. The van der Waals surface area contributed by atoms with Crippen molar-refractivity contribution in [2.24, 2.45) is 0 Å². The first-order valence-electron chi connectivity index (χ1n) is 1.67. The second-order valence-electron chi connectivity index (χ2n) is 0.827. The van der Waals surface area contributed by atoms with Gasteiger partial charge in [-0.15, -0.1) is 6.58 Å². The lowest BCUT2D eigenvalue weighted by molar-refractivity contribution is 1.26. The van der Waals surface area contributed by atoms with Gasteiger partial charge in [0.05, 0.1) is 0 Å². The Balaban J connectivity index is 2.40. The highest BCUT2D eigenvalue weighted by Gasteiger charge is 1.62. The summed E-state index contributed by atoms with van der Waals surface area (Å²) in [4.78, 5) is 0. The molecule has 1 radical (unpaired) electrons. The van der Waals surface area contributed by atoms with Crippen molar-refractivity contribution in [2.75, 3.05) is 6.16 Å². The lowest BCUT2D eigenvalue weighted by Crippen LogP contribution is -1.58. The molecule has 0 aromatic carbocycles. The minimum absolute atomic E-state index is 1.03. The first kappa shape index (κ1) is 5.17. The Morgan fingerprint density at radius 2 is 2.40 bits per heavy atom. The summed E-state index contributed by atoms with van der Waals surface area (Å²) in [6.45, 7) is 3.52. The third-order valence-electron chi connectivity index (χ3n) is 0.348. The lowest BCUT2D eigenvalue weighted by Gasteiger charge is -1.72. The van der Waals surface area contributed by atoms with Gasteiger partial charge in [0.15, 0.2) is 0 Å². The molecule has 0 aliphatic rings. The molecular weight excluding hydrogens is 79.0 g/mol. The van der Waals surface area contributed by atoms with Crippen LogP contribution in [0.3, 0.4) is 0 Å². The summed E-state index contributed by atoms with van der Waals surface area (Å²) in [5, 5.41) is 0. The van der Waals surface area contributed by atoms with E-state index in [4.69, 9.17) is 0 Å². The van der Waals surface area contributed by atoms with Crippen LogP contribution in [0.1, 0.15) is 6.42 Å². The van der Waals surface area contributed by atoms with E-state index < -0.39 is 0 Å². The van der Waals surface area contributed by atoms with Gasteiger partial charge in [0, 0.05) is 0 Å². The van der Waals surface area contributed by atoms with Crippen LogP contribution < -0.4 is 0 Å². The fourth-order valence-electron chi connectivity index (χ4n) is 0.102. The minimum Gasteiger partial charge on any atom is -0.103 e. The zero-order chi connectivity index (χ0) is 4.12. The third-order valence-corrected chi connectivity index (χ3v) is 0.637. The molecule has 0 saturated heterocycles. The summed E-state index contributed by atoms with van der Waals surface area (Å²) in [6.07, 6.45) is 3.98. The summed E-state index contributed by atoms with van der Waals surface area (Å²) in [6, 6.07) is 0. The molecule has 0 aromatic heterocycles. The van der Waals surface area contributed by atoms with Gasteiger partial charge in [0.2, 0.25) is 0 Å². The summed E-state index contributed by atoms with van der Waals surface area (Å²) in [5.74, 6) is 0. The largest absolute Gasteiger partial charge is 0.103 e. The Kier molecular flexibility index (Phi) is 4.31. The number of hydrogen-bond acceptors (Lipinski definition) is 0. The van der Waals surface area contributed by atoms with E-state index in [9.17, 15) is 0 Å². The molecule has 0 rings (SSSR count). The van der Waals surface area contributed by atoms with Crippen molar-refractivity contribution in [2.45, 2.75) is 6.42 Å². The molecule has 0 N–H and O–H groups in total. The standard InChI is InChI=1S/C4H8P/c1-2-3-4-5/h2,5H,1,3-4H2. The smallest absolute Gasteiger partial charge is 0.0282 e. The first-order valence-corrected chi connectivity index (χ1v) is 2.38. The molecule has 0 aliphatic heterocycles. The van der Waals surface area contributed by atoms with Crippen LogP contribution in [-0.2, 0) is 0 Å². The Labute approximate surface area is 35.5 Å². The van der Waals surface area contributed by atoms with E-state index >= 15 is 0 Å². The van der Waals surface area contributed by atoms with Crippen molar-refractivity contribution in [3.63, 3.8) is 0 Å². The monoisotopic (exact) mass is 87.0 g/mol. The Morgan fingerprint density at radius 1 is 1.80 bits per heavy atom. The predicted molar refractivity (Wildman–Crippen MR) is 28.0 cm³/mol. The van der Waals surface area contributed by atoms with Gasteiger partial charge in [0.25, 0.3) is 0 Å². The van der Waals surface area contributed by atoms with Gasteiger partial charge in [0.1, 0.15) is 0 Å². The molecule has 0 bridgehead atoms. The number of hydrogen-bond donors (Lipinski definition) is 0. The van der Waals surface area contributed by atoms with E-state index in [0.717, 1.165) is 12.6 Å². The van der Waals surface area contributed by atoms with Crippen molar-refractivity contribution in [1.82, 2.24) is 0 Å². The maximum Gasteiger partial charge on any atom is -0.0282 e. The molecule has 0 spiro atoms. The SMILES string of the molecule is C=CCC[PH]. The molecular formula is C4H8P. The van der Waals surface area contributed by atoms with E-state index in [1.54, 1.807) is 0 Å². The van der Waals surface area contributed by atoms with Gasteiger partial charge >= 0.3 is 0 Å². The van der Waals surface area contributed by atoms with Crippen molar-refractivity contribution >= 4 is 9.24 Å². The molecule has 0 atom stereocenters. The average molecular weight is 87.1 g/mol. The predicted octanol–water partition coefficient (Wildman–Crippen LogP) is 1.71. The summed E-state index contributed by atoms with van der Waals surface area (Å²) in [7, 11) is 3.28. The van der Waals surface area contributed by atoms with Crippen molar-refractivity contribution in [1.29, 1.82) is 0 Å². The molecule has 0 unspecified atom stereocenters. The maximum absolute atomic E-state index is 3.52. The Bertz CT molecular complexity index is 24.8. The Morgan fingerprint density at radius 3 is 2.40 bits per heavy atom. The van der Waals surface area contributed by atoms with Crippen LogP contribution in [0.15, 0.2) is 12.7 Å².